The van der Waals surface area contributed by atoms with Crippen LogP contribution in [0.1, 0.15) is 20.8 Å². The second-order valence-corrected chi connectivity index (χ2v) is 12.6. The molecule has 3 rings (SSSR count). The minimum Gasteiger partial charge on any atom is -0.534 e. The topological polar surface area (TPSA) is 68.2 Å². The Kier molecular flexibility index (Phi) is 6.79. The Morgan fingerprint density at radius 2 is 1.16 bits per heavy atom. The Labute approximate surface area is 185 Å². The van der Waals surface area contributed by atoms with E-state index in [9.17, 15) is 10.0 Å². The lowest BCUT2D eigenvalue weighted by Crippen LogP contribution is -2.68. The van der Waals surface area contributed by atoms with Crippen molar-refractivity contribution >= 4 is 31.3 Å². The van der Waals surface area contributed by atoms with Gasteiger partial charge in [-0.25, -0.2) is 0 Å². The standard InChI is InChI=1S/C24H29BO5Si/c1-24(2,3)31(19-12-8-6-9-13-19,20-14-10-7-11-15-20)30-18-16-21(28-4)23(25(26)27)22(17-18)29-5/h6-17,26-27H,1-5H3. The van der Waals surface area contributed by atoms with Gasteiger partial charge in [0.05, 0.1) is 19.7 Å². The molecule has 0 saturated heterocycles. The van der Waals surface area contributed by atoms with Crippen LogP contribution >= 0.6 is 0 Å². The number of rotatable bonds is 7. The van der Waals surface area contributed by atoms with E-state index >= 15 is 0 Å². The highest BCUT2D eigenvalue weighted by Crippen LogP contribution is 2.39. The van der Waals surface area contributed by atoms with Crippen molar-refractivity contribution < 1.29 is 23.9 Å². The van der Waals surface area contributed by atoms with E-state index in [4.69, 9.17) is 13.9 Å². The first kappa shape index (κ1) is 22.9. The van der Waals surface area contributed by atoms with Crippen LogP contribution in [0, 0.1) is 0 Å². The smallest absolute Gasteiger partial charge is 0.496 e. The first-order valence-corrected chi connectivity index (χ1v) is 12.1. The second-order valence-electron chi connectivity index (χ2n) is 8.38. The molecule has 0 aliphatic rings. The van der Waals surface area contributed by atoms with Crippen molar-refractivity contribution in [3.8, 4) is 17.2 Å². The maximum atomic E-state index is 9.82. The van der Waals surface area contributed by atoms with Gasteiger partial charge in [-0.3, -0.25) is 0 Å². The molecular formula is C24H29BO5Si. The Balaban J connectivity index is 2.28. The fourth-order valence-corrected chi connectivity index (χ4v) is 8.46. The molecule has 0 unspecified atom stereocenters. The highest BCUT2D eigenvalue weighted by atomic mass is 28.4. The third kappa shape index (κ3) is 4.35. The van der Waals surface area contributed by atoms with Gasteiger partial charge in [-0.2, -0.15) is 0 Å². The average Bonchev–Trinajstić information content (AvgIpc) is 2.76. The number of methoxy groups -OCH3 is 2. The molecule has 3 aromatic carbocycles. The van der Waals surface area contributed by atoms with Crippen molar-refractivity contribution in [2.45, 2.75) is 25.8 Å². The molecule has 0 atom stereocenters. The van der Waals surface area contributed by atoms with Crippen LogP contribution in [-0.4, -0.2) is 39.7 Å². The molecule has 0 saturated carbocycles. The van der Waals surface area contributed by atoms with Crippen molar-refractivity contribution in [3.05, 3.63) is 72.8 Å². The van der Waals surface area contributed by atoms with Gasteiger partial charge in [0.1, 0.15) is 17.2 Å². The van der Waals surface area contributed by atoms with E-state index in [1.54, 1.807) is 12.1 Å². The van der Waals surface area contributed by atoms with Crippen molar-refractivity contribution in [1.29, 1.82) is 0 Å². The van der Waals surface area contributed by atoms with Gasteiger partial charge >= 0.3 is 15.4 Å². The molecule has 7 heteroatoms. The van der Waals surface area contributed by atoms with Crippen molar-refractivity contribution in [3.63, 3.8) is 0 Å². The zero-order chi connectivity index (χ0) is 22.6. The van der Waals surface area contributed by atoms with Gasteiger partial charge in [-0.15, -0.1) is 0 Å². The summed E-state index contributed by atoms with van der Waals surface area (Å²) in [5, 5.41) is 21.7. The fourth-order valence-electron chi connectivity index (χ4n) is 4.05. The van der Waals surface area contributed by atoms with Gasteiger partial charge in [-0.05, 0) is 15.4 Å². The van der Waals surface area contributed by atoms with Crippen LogP contribution in [0.15, 0.2) is 72.8 Å². The molecule has 0 fully saturated rings. The van der Waals surface area contributed by atoms with Crippen LogP contribution in [0.5, 0.6) is 17.2 Å². The third-order valence-electron chi connectivity index (χ3n) is 5.46. The summed E-state index contributed by atoms with van der Waals surface area (Å²) in [5.74, 6) is 1.14. The van der Waals surface area contributed by atoms with Crippen molar-refractivity contribution in [1.82, 2.24) is 0 Å². The number of hydrogen-bond donors (Lipinski definition) is 2. The summed E-state index contributed by atoms with van der Waals surface area (Å²) in [6.07, 6.45) is 0. The molecule has 0 heterocycles. The van der Waals surface area contributed by atoms with Gasteiger partial charge in [0, 0.05) is 12.1 Å². The Bertz CT molecular complexity index is 939. The molecule has 3 aromatic rings. The molecule has 0 radical (unpaired) electrons. The predicted octanol–water partition coefficient (Wildman–Crippen LogP) is 2.32. The SMILES string of the molecule is COc1cc(O[Si](c2ccccc2)(c2ccccc2)C(C)(C)C)cc(OC)c1B(O)O. The molecule has 0 bridgehead atoms. The van der Waals surface area contributed by atoms with Crippen molar-refractivity contribution in [2.24, 2.45) is 0 Å². The second kappa shape index (κ2) is 9.18. The van der Waals surface area contributed by atoms with Crippen LogP contribution in [0.3, 0.4) is 0 Å². The van der Waals surface area contributed by atoms with E-state index in [1.807, 2.05) is 36.4 Å². The van der Waals surface area contributed by atoms with Gasteiger partial charge < -0.3 is 23.9 Å². The summed E-state index contributed by atoms with van der Waals surface area (Å²) in [4.78, 5) is 0. The average molecular weight is 436 g/mol. The Morgan fingerprint density at radius 1 is 0.742 bits per heavy atom. The highest BCUT2D eigenvalue weighted by molar-refractivity contribution is 7.00. The Morgan fingerprint density at radius 3 is 1.48 bits per heavy atom. The first-order chi connectivity index (χ1) is 14.7. The van der Waals surface area contributed by atoms with Crippen LogP contribution < -0.4 is 29.7 Å². The number of hydrogen-bond acceptors (Lipinski definition) is 5. The monoisotopic (exact) mass is 436 g/mol. The molecule has 0 aromatic heterocycles. The zero-order valence-electron chi connectivity index (χ0n) is 18.6. The van der Waals surface area contributed by atoms with Gasteiger partial charge in [0.25, 0.3) is 0 Å². The number of ether oxygens (including phenoxy) is 2. The van der Waals surface area contributed by atoms with Crippen LogP contribution in [0.2, 0.25) is 5.04 Å². The van der Waals surface area contributed by atoms with Crippen LogP contribution in [0.4, 0.5) is 0 Å². The summed E-state index contributed by atoms with van der Waals surface area (Å²) in [5.41, 5.74) is 0.166. The lowest BCUT2D eigenvalue weighted by molar-refractivity contribution is 0.381. The summed E-state index contributed by atoms with van der Waals surface area (Å²) < 4.78 is 17.8. The fraction of sp³-hybridized carbons (Fsp3) is 0.250. The van der Waals surface area contributed by atoms with Gasteiger partial charge in [0.2, 0.25) is 0 Å². The molecule has 0 amide bonds. The van der Waals surface area contributed by atoms with E-state index < -0.39 is 15.4 Å². The maximum Gasteiger partial charge on any atom is 0.496 e. The maximum absolute atomic E-state index is 9.82. The molecule has 0 spiro atoms. The minimum absolute atomic E-state index is 0.166. The zero-order valence-corrected chi connectivity index (χ0v) is 19.6. The predicted molar refractivity (Wildman–Crippen MR) is 128 cm³/mol. The normalized spacial score (nSPS) is 11.7. The molecular weight excluding hydrogens is 407 g/mol. The van der Waals surface area contributed by atoms with Crippen molar-refractivity contribution in [2.75, 3.05) is 14.2 Å². The summed E-state index contributed by atoms with van der Waals surface area (Å²) in [6, 6.07) is 24.0. The van der Waals surface area contributed by atoms with E-state index in [0.29, 0.717) is 17.2 Å². The quantitative estimate of drug-likeness (QED) is 0.557. The Hall–Kier alpha value is -2.74. The molecule has 5 nitrogen and oxygen atoms in total. The third-order valence-corrected chi connectivity index (χ3v) is 10.4. The van der Waals surface area contributed by atoms with Gasteiger partial charge in [0.15, 0.2) is 0 Å². The largest absolute Gasteiger partial charge is 0.534 e. The van der Waals surface area contributed by atoms with E-state index in [2.05, 4.69) is 45.0 Å². The molecule has 162 valence electrons. The minimum atomic E-state index is -2.84. The summed E-state index contributed by atoms with van der Waals surface area (Å²) in [7, 11) is -1.61. The van der Waals surface area contributed by atoms with E-state index in [1.165, 1.54) is 14.2 Å². The van der Waals surface area contributed by atoms with Crippen LogP contribution in [-0.2, 0) is 0 Å². The summed E-state index contributed by atoms with van der Waals surface area (Å²) >= 11 is 0. The molecule has 0 aliphatic heterocycles. The van der Waals surface area contributed by atoms with Gasteiger partial charge in [-0.1, -0.05) is 81.4 Å². The molecule has 31 heavy (non-hydrogen) atoms. The highest BCUT2D eigenvalue weighted by Gasteiger charge is 2.52. The lowest BCUT2D eigenvalue weighted by atomic mass is 9.78. The first-order valence-electron chi connectivity index (χ1n) is 10.2. The van der Waals surface area contributed by atoms with Crippen LogP contribution in [0.25, 0.3) is 0 Å². The number of benzene rings is 3. The molecule has 2 N–H and O–H groups in total. The molecule has 0 aliphatic carbocycles. The van der Waals surface area contributed by atoms with E-state index in [0.717, 1.165) is 10.4 Å². The summed E-state index contributed by atoms with van der Waals surface area (Å²) in [6.45, 7) is 6.58. The lowest BCUT2D eigenvalue weighted by Gasteiger charge is -2.43. The van der Waals surface area contributed by atoms with E-state index in [-0.39, 0.29) is 10.5 Å².